The van der Waals surface area contributed by atoms with E-state index in [9.17, 15) is 4.79 Å². The highest BCUT2D eigenvalue weighted by molar-refractivity contribution is 5.63. The molecule has 5 aromatic rings. The molecule has 1 aliphatic rings. The predicted molar refractivity (Wildman–Crippen MR) is 193 cm³/mol. The lowest BCUT2D eigenvalue weighted by atomic mass is 9.96. The Morgan fingerprint density at radius 3 is 1.53 bits per heavy atom. The Hall–Kier alpha value is -5.25. The van der Waals surface area contributed by atoms with Crippen LogP contribution in [-0.4, -0.2) is 43.8 Å². The molecule has 4 atom stereocenters. The average molecular weight is 687 g/mol. The highest BCUT2D eigenvalue weighted by atomic mass is 16.7. The van der Waals surface area contributed by atoms with Crippen molar-refractivity contribution in [2.75, 3.05) is 13.2 Å². The lowest BCUT2D eigenvalue weighted by Crippen LogP contribution is -2.56. The Bertz CT molecular complexity index is 1750. The summed E-state index contributed by atoms with van der Waals surface area (Å²) in [6.45, 7) is 1.41. The van der Waals surface area contributed by atoms with Crippen LogP contribution >= 0.6 is 0 Å². The van der Waals surface area contributed by atoms with Gasteiger partial charge in [-0.25, -0.2) is 4.79 Å². The first-order valence-electron chi connectivity index (χ1n) is 17.1. The first kappa shape index (κ1) is 35.6. The first-order chi connectivity index (χ1) is 25.2. The molecule has 6 rings (SSSR count). The number of ether oxygens (including phenoxy) is 7. The molecule has 0 bridgehead atoms. The van der Waals surface area contributed by atoms with Gasteiger partial charge in [-0.2, -0.15) is 0 Å². The SMILES string of the molecule is O=C(OC/C=C1\O[C@H](COCc2ccccc2)[C@H](OCc2ccccc2)[C@H](OCc2ccccc2)[C@H]1OCc1ccccc1)Oc1ccccc1. The summed E-state index contributed by atoms with van der Waals surface area (Å²) in [5.41, 5.74) is 4.03. The lowest BCUT2D eigenvalue weighted by molar-refractivity contribution is -0.223. The van der Waals surface area contributed by atoms with E-state index in [2.05, 4.69) is 0 Å². The number of hydrogen-bond acceptors (Lipinski definition) is 8. The second-order valence-corrected chi connectivity index (χ2v) is 12.0. The summed E-state index contributed by atoms with van der Waals surface area (Å²) in [6.07, 6.45) is -1.66. The molecule has 0 unspecified atom stereocenters. The fraction of sp³-hybridized carbons (Fsp3) is 0.233. The van der Waals surface area contributed by atoms with Crippen molar-refractivity contribution in [3.8, 4) is 5.75 Å². The van der Waals surface area contributed by atoms with E-state index in [1.165, 1.54) is 0 Å². The monoisotopic (exact) mass is 686 g/mol. The van der Waals surface area contributed by atoms with Crippen LogP contribution in [0.25, 0.3) is 0 Å². The minimum atomic E-state index is -0.834. The van der Waals surface area contributed by atoms with Crippen LogP contribution in [0.1, 0.15) is 22.3 Å². The van der Waals surface area contributed by atoms with Crippen LogP contribution in [-0.2, 0) is 54.8 Å². The van der Waals surface area contributed by atoms with E-state index < -0.39 is 30.6 Å². The fourth-order valence-corrected chi connectivity index (χ4v) is 5.68. The fourth-order valence-electron chi connectivity index (χ4n) is 5.68. The van der Waals surface area contributed by atoms with E-state index in [1.807, 2.05) is 127 Å². The zero-order chi connectivity index (χ0) is 34.9. The molecule has 0 N–H and O–H groups in total. The van der Waals surface area contributed by atoms with Crippen LogP contribution in [0.3, 0.4) is 0 Å². The molecule has 1 aliphatic heterocycles. The van der Waals surface area contributed by atoms with Gasteiger partial charge in [0, 0.05) is 0 Å². The summed E-state index contributed by atoms with van der Waals surface area (Å²) < 4.78 is 43.8. The molecule has 51 heavy (non-hydrogen) atoms. The standard InChI is InChI=1S/C43H42O8/c44-43(50-37-24-14-5-15-25-37)46-27-26-38-40(47-29-34-18-8-2-9-19-34)42(49-31-36-22-12-4-13-23-36)41(48-30-35-20-10-3-11-21-35)39(51-38)32-45-28-33-16-6-1-7-17-33/h1-26,39-42H,27-32H2/b38-26-/t39-,40+,41+,42-/m1/s1. The Morgan fingerprint density at radius 2 is 1.00 bits per heavy atom. The van der Waals surface area contributed by atoms with E-state index in [0.29, 0.717) is 31.3 Å². The molecule has 0 aliphatic carbocycles. The number of rotatable bonds is 16. The van der Waals surface area contributed by atoms with Gasteiger partial charge in [0.2, 0.25) is 0 Å². The molecule has 5 aromatic carbocycles. The lowest BCUT2D eigenvalue weighted by Gasteiger charge is -2.43. The Balaban J connectivity index is 1.28. The minimum Gasteiger partial charge on any atom is -0.487 e. The maximum absolute atomic E-state index is 12.6. The van der Waals surface area contributed by atoms with Crippen LogP contribution in [0.15, 0.2) is 163 Å². The van der Waals surface area contributed by atoms with Crippen molar-refractivity contribution in [2.24, 2.45) is 0 Å². The largest absolute Gasteiger partial charge is 0.514 e. The molecular weight excluding hydrogens is 644 g/mol. The van der Waals surface area contributed by atoms with Crippen LogP contribution in [0.5, 0.6) is 5.75 Å². The molecule has 8 nitrogen and oxygen atoms in total. The molecule has 262 valence electrons. The molecule has 8 heteroatoms. The highest BCUT2D eigenvalue weighted by Gasteiger charge is 2.46. The minimum absolute atomic E-state index is 0.120. The first-order valence-corrected chi connectivity index (χ1v) is 17.1. The third kappa shape index (κ3) is 11.1. The molecule has 1 fully saturated rings. The smallest absolute Gasteiger partial charge is 0.487 e. The van der Waals surface area contributed by atoms with Gasteiger partial charge < -0.3 is 33.2 Å². The van der Waals surface area contributed by atoms with Gasteiger partial charge in [0.05, 0.1) is 33.0 Å². The number of hydrogen-bond donors (Lipinski definition) is 0. The summed E-state index contributed by atoms with van der Waals surface area (Å²) in [5, 5.41) is 0. The van der Waals surface area contributed by atoms with Crippen molar-refractivity contribution in [1.29, 1.82) is 0 Å². The number of para-hydroxylation sites is 1. The van der Waals surface area contributed by atoms with Crippen molar-refractivity contribution in [2.45, 2.75) is 50.8 Å². The van der Waals surface area contributed by atoms with Gasteiger partial charge in [-0.1, -0.05) is 140 Å². The molecule has 0 spiro atoms. The molecule has 0 aromatic heterocycles. The van der Waals surface area contributed by atoms with E-state index in [1.54, 1.807) is 30.3 Å². The predicted octanol–water partition coefficient (Wildman–Crippen LogP) is 8.46. The summed E-state index contributed by atoms with van der Waals surface area (Å²) in [6, 6.07) is 48.6. The number of carbonyl (C=O) groups is 1. The molecule has 0 radical (unpaired) electrons. The van der Waals surface area contributed by atoms with Gasteiger partial charge in [0.25, 0.3) is 0 Å². The second kappa shape index (κ2) is 19.2. The third-order valence-electron chi connectivity index (χ3n) is 8.22. The van der Waals surface area contributed by atoms with Gasteiger partial charge in [0.15, 0.2) is 6.10 Å². The molecule has 1 saturated heterocycles. The van der Waals surface area contributed by atoms with Gasteiger partial charge in [0.1, 0.15) is 36.4 Å². The van der Waals surface area contributed by atoms with Crippen molar-refractivity contribution < 1.29 is 38.0 Å². The Kier molecular flexibility index (Phi) is 13.4. The average Bonchev–Trinajstić information content (AvgIpc) is 3.18. The van der Waals surface area contributed by atoms with Gasteiger partial charge >= 0.3 is 6.16 Å². The maximum Gasteiger partial charge on any atom is 0.514 e. The molecule has 0 amide bonds. The van der Waals surface area contributed by atoms with Crippen LogP contribution < -0.4 is 4.74 Å². The Morgan fingerprint density at radius 1 is 0.549 bits per heavy atom. The third-order valence-corrected chi connectivity index (χ3v) is 8.22. The van der Waals surface area contributed by atoms with Gasteiger partial charge in [-0.15, -0.1) is 0 Å². The van der Waals surface area contributed by atoms with Gasteiger partial charge in [-0.05, 0) is 40.5 Å². The maximum atomic E-state index is 12.6. The van der Waals surface area contributed by atoms with Crippen molar-refractivity contribution >= 4 is 6.16 Å². The number of carbonyl (C=O) groups excluding carboxylic acids is 1. The zero-order valence-electron chi connectivity index (χ0n) is 28.3. The Labute approximate surface area is 299 Å². The normalized spacial score (nSPS) is 19.3. The zero-order valence-corrected chi connectivity index (χ0v) is 28.3. The summed E-state index contributed by atoms with van der Waals surface area (Å²) in [5.74, 6) is 0.834. The van der Waals surface area contributed by atoms with E-state index in [0.717, 1.165) is 22.3 Å². The topological polar surface area (TPSA) is 81.7 Å². The van der Waals surface area contributed by atoms with Crippen molar-refractivity contribution in [3.63, 3.8) is 0 Å². The van der Waals surface area contributed by atoms with Crippen LogP contribution in [0.4, 0.5) is 4.79 Å². The van der Waals surface area contributed by atoms with E-state index in [-0.39, 0.29) is 19.8 Å². The molecule has 0 saturated carbocycles. The molecule has 1 heterocycles. The van der Waals surface area contributed by atoms with Crippen molar-refractivity contribution in [1.82, 2.24) is 0 Å². The van der Waals surface area contributed by atoms with Crippen LogP contribution in [0.2, 0.25) is 0 Å². The summed E-state index contributed by atoms with van der Waals surface area (Å²) >= 11 is 0. The highest BCUT2D eigenvalue weighted by Crippen LogP contribution is 2.33. The number of benzene rings is 5. The second-order valence-electron chi connectivity index (χ2n) is 12.0. The van der Waals surface area contributed by atoms with E-state index in [4.69, 9.17) is 33.2 Å². The summed E-state index contributed by atoms with van der Waals surface area (Å²) in [7, 11) is 0. The van der Waals surface area contributed by atoms with E-state index >= 15 is 0 Å². The van der Waals surface area contributed by atoms with Crippen LogP contribution in [0, 0.1) is 0 Å². The summed E-state index contributed by atoms with van der Waals surface area (Å²) in [4.78, 5) is 12.6. The quantitative estimate of drug-likeness (QED) is 0.0756. The molecular formula is C43H42O8. The van der Waals surface area contributed by atoms with Crippen molar-refractivity contribution in [3.05, 3.63) is 186 Å². The van der Waals surface area contributed by atoms with Gasteiger partial charge in [-0.3, -0.25) is 0 Å².